The molecule has 1 aromatic heterocycles. The Hall–Kier alpha value is -1.55. The van der Waals surface area contributed by atoms with Crippen molar-refractivity contribution in [3.63, 3.8) is 0 Å². The number of carbonyl (C=O) groups is 1. The first kappa shape index (κ1) is 11.0. The molecule has 2 aromatic rings. The molecule has 1 amide bonds. The van der Waals surface area contributed by atoms with Crippen molar-refractivity contribution >= 4 is 27.5 Å². The fraction of sp³-hybridized carbons (Fsp3) is 0.0833. The molecular formula is C12H10BrNO2. The van der Waals surface area contributed by atoms with E-state index >= 15 is 0 Å². The summed E-state index contributed by atoms with van der Waals surface area (Å²) in [5, 5.41) is 2.79. The van der Waals surface area contributed by atoms with Gasteiger partial charge in [0.25, 0.3) is 5.91 Å². The highest BCUT2D eigenvalue weighted by Gasteiger charge is 2.10. The summed E-state index contributed by atoms with van der Waals surface area (Å²) in [6.07, 6.45) is 1.47. The molecule has 82 valence electrons. The van der Waals surface area contributed by atoms with Gasteiger partial charge in [-0.15, -0.1) is 0 Å². The molecule has 0 bridgehead atoms. The predicted octanol–water partition coefficient (Wildman–Crippen LogP) is 3.60. The fourth-order valence-corrected chi connectivity index (χ4v) is 1.70. The van der Waals surface area contributed by atoms with E-state index in [1.807, 2.05) is 25.1 Å². The Morgan fingerprint density at radius 2 is 2.12 bits per heavy atom. The van der Waals surface area contributed by atoms with Gasteiger partial charge in [0.2, 0.25) is 0 Å². The van der Waals surface area contributed by atoms with Crippen molar-refractivity contribution in [2.24, 2.45) is 0 Å². The summed E-state index contributed by atoms with van der Waals surface area (Å²) in [4.78, 5) is 11.7. The highest BCUT2D eigenvalue weighted by atomic mass is 79.9. The molecule has 1 N–H and O–H groups in total. The molecule has 16 heavy (non-hydrogen) atoms. The van der Waals surface area contributed by atoms with Crippen LogP contribution in [0.2, 0.25) is 0 Å². The van der Waals surface area contributed by atoms with Gasteiger partial charge in [-0.25, -0.2) is 0 Å². The number of anilines is 1. The monoisotopic (exact) mass is 279 g/mol. The van der Waals surface area contributed by atoms with Gasteiger partial charge >= 0.3 is 0 Å². The summed E-state index contributed by atoms with van der Waals surface area (Å²) >= 11 is 3.41. The van der Waals surface area contributed by atoms with Crippen molar-refractivity contribution in [3.8, 4) is 0 Å². The number of carbonyl (C=O) groups excluding carboxylic acids is 1. The van der Waals surface area contributed by atoms with Crippen LogP contribution in [-0.4, -0.2) is 5.91 Å². The largest absolute Gasteiger partial charge is 0.459 e. The second-order valence-corrected chi connectivity index (χ2v) is 4.20. The van der Waals surface area contributed by atoms with E-state index in [0.717, 1.165) is 15.7 Å². The molecule has 0 radical (unpaired) electrons. The maximum Gasteiger partial charge on any atom is 0.291 e. The molecule has 3 nitrogen and oxygen atoms in total. The van der Waals surface area contributed by atoms with E-state index in [4.69, 9.17) is 4.42 Å². The standard InChI is InChI=1S/C12H10BrNO2/c1-8-9(13)4-2-5-10(8)14-12(15)11-6-3-7-16-11/h2-7H,1H3,(H,14,15). The van der Waals surface area contributed by atoms with Crippen LogP contribution < -0.4 is 5.32 Å². The Balaban J connectivity index is 2.22. The van der Waals surface area contributed by atoms with Gasteiger partial charge in [0.05, 0.1) is 6.26 Å². The molecule has 0 aliphatic heterocycles. The first-order chi connectivity index (χ1) is 7.68. The molecule has 0 aliphatic carbocycles. The SMILES string of the molecule is Cc1c(Br)cccc1NC(=O)c1ccco1. The van der Waals surface area contributed by atoms with E-state index in [1.165, 1.54) is 6.26 Å². The van der Waals surface area contributed by atoms with E-state index in [1.54, 1.807) is 12.1 Å². The van der Waals surface area contributed by atoms with Crippen LogP contribution in [0.3, 0.4) is 0 Å². The third kappa shape index (κ3) is 2.17. The summed E-state index contributed by atoms with van der Waals surface area (Å²) in [5.41, 5.74) is 1.76. The number of hydrogen-bond acceptors (Lipinski definition) is 2. The van der Waals surface area contributed by atoms with Crippen LogP contribution in [0.1, 0.15) is 16.1 Å². The van der Waals surface area contributed by atoms with Gasteiger partial charge < -0.3 is 9.73 Å². The Kier molecular flexibility index (Phi) is 3.10. The molecule has 0 unspecified atom stereocenters. The van der Waals surface area contributed by atoms with Crippen molar-refractivity contribution in [2.45, 2.75) is 6.92 Å². The Bertz CT molecular complexity index is 506. The molecule has 4 heteroatoms. The summed E-state index contributed by atoms with van der Waals surface area (Å²) in [5.74, 6) is 0.0607. The summed E-state index contributed by atoms with van der Waals surface area (Å²) < 4.78 is 5.98. The number of benzene rings is 1. The van der Waals surface area contributed by atoms with E-state index in [9.17, 15) is 4.79 Å². The zero-order valence-corrected chi connectivity index (χ0v) is 10.2. The van der Waals surface area contributed by atoms with Crippen molar-refractivity contribution in [3.05, 3.63) is 52.4 Å². The Morgan fingerprint density at radius 1 is 1.31 bits per heavy atom. The number of amides is 1. The lowest BCUT2D eigenvalue weighted by Gasteiger charge is -2.07. The van der Waals surface area contributed by atoms with E-state index < -0.39 is 0 Å². The van der Waals surface area contributed by atoms with E-state index in [-0.39, 0.29) is 5.91 Å². The lowest BCUT2D eigenvalue weighted by Crippen LogP contribution is -2.11. The van der Waals surface area contributed by atoms with Gasteiger partial charge in [-0.05, 0) is 36.8 Å². The van der Waals surface area contributed by atoms with Crippen molar-refractivity contribution in [1.82, 2.24) is 0 Å². The lowest BCUT2D eigenvalue weighted by atomic mass is 10.2. The number of halogens is 1. The summed E-state index contributed by atoms with van der Waals surface area (Å²) in [6, 6.07) is 8.96. The summed E-state index contributed by atoms with van der Waals surface area (Å²) in [7, 11) is 0. The van der Waals surface area contributed by atoms with Crippen LogP contribution >= 0.6 is 15.9 Å². The molecule has 1 heterocycles. The Labute approximate surface area is 102 Å². The molecule has 0 spiro atoms. The lowest BCUT2D eigenvalue weighted by molar-refractivity contribution is 0.0996. The summed E-state index contributed by atoms with van der Waals surface area (Å²) in [6.45, 7) is 1.93. The predicted molar refractivity (Wildman–Crippen MR) is 65.5 cm³/mol. The quantitative estimate of drug-likeness (QED) is 0.913. The molecular weight excluding hydrogens is 270 g/mol. The normalized spacial score (nSPS) is 10.1. The van der Waals surface area contributed by atoms with Crippen molar-refractivity contribution in [2.75, 3.05) is 5.32 Å². The second kappa shape index (κ2) is 4.53. The van der Waals surface area contributed by atoms with Crippen molar-refractivity contribution < 1.29 is 9.21 Å². The first-order valence-electron chi connectivity index (χ1n) is 4.78. The van der Waals surface area contributed by atoms with E-state index in [2.05, 4.69) is 21.2 Å². The van der Waals surface area contributed by atoms with Gasteiger partial charge in [0.1, 0.15) is 0 Å². The maximum atomic E-state index is 11.7. The third-order valence-electron chi connectivity index (χ3n) is 2.26. The van der Waals surface area contributed by atoms with E-state index in [0.29, 0.717) is 5.76 Å². The topological polar surface area (TPSA) is 42.2 Å². The molecule has 2 rings (SSSR count). The second-order valence-electron chi connectivity index (χ2n) is 3.34. The fourth-order valence-electron chi connectivity index (χ4n) is 1.33. The average Bonchev–Trinajstić information content (AvgIpc) is 2.78. The molecule has 0 aliphatic rings. The average molecular weight is 280 g/mol. The zero-order valence-electron chi connectivity index (χ0n) is 8.66. The minimum atomic E-state index is -0.244. The highest BCUT2D eigenvalue weighted by Crippen LogP contribution is 2.23. The van der Waals surface area contributed by atoms with Gasteiger partial charge in [0, 0.05) is 10.2 Å². The minimum absolute atomic E-state index is 0.244. The van der Waals surface area contributed by atoms with Gasteiger partial charge in [-0.1, -0.05) is 22.0 Å². The maximum absolute atomic E-state index is 11.7. The Morgan fingerprint density at radius 3 is 2.81 bits per heavy atom. The molecule has 0 saturated carbocycles. The van der Waals surface area contributed by atoms with Crippen LogP contribution in [0.25, 0.3) is 0 Å². The van der Waals surface area contributed by atoms with Crippen LogP contribution in [0.4, 0.5) is 5.69 Å². The van der Waals surface area contributed by atoms with Crippen LogP contribution in [0, 0.1) is 6.92 Å². The molecule has 0 saturated heterocycles. The molecule has 1 aromatic carbocycles. The van der Waals surface area contributed by atoms with Gasteiger partial charge in [-0.2, -0.15) is 0 Å². The van der Waals surface area contributed by atoms with Crippen molar-refractivity contribution in [1.29, 1.82) is 0 Å². The third-order valence-corrected chi connectivity index (χ3v) is 3.12. The van der Waals surface area contributed by atoms with Gasteiger partial charge in [-0.3, -0.25) is 4.79 Å². The first-order valence-corrected chi connectivity index (χ1v) is 5.58. The number of rotatable bonds is 2. The highest BCUT2D eigenvalue weighted by molar-refractivity contribution is 9.10. The minimum Gasteiger partial charge on any atom is -0.459 e. The number of nitrogens with one attached hydrogen (secondary N) is 1. The molecule has 0 fully saturated rings. The van der Waals surface area contributed by atoms with Crippen LogP contribution in [0.5, 0.6) is 0 Å². The van der Waals surface area contributed by atoms with Crippen LogP contribution in [-0.2, 0) is 0 Å². The number of furan rings is 1. The smallest absolute Gasteiger partial charge is 0.291 e. The number of hydrogen-bond donors (Lipinski definition) is 1. The zero-order chi connectivity index (χ0) is 11.5. The van der Waals surface area contributed by atoms with Gasteiger partial charge in [0.15, 0.2) is 5.76 Å². The molecule has 0 atom stereocenters. The van der Waals surface area contributed by atoms with Crippen LogP contribution in [0.15, 0.2) is 45.5 Å².